The lowest BCUT2D eigenvalue weighted by Gasteiger charge is -2.10. The van der Waals surface area contributed by atoms with Crippen LogP contribution in [0.3, 0.4) is 0 Å². The van der Waals surface area contributed by atoms with Crippen molar-refractivity contribution in [1.82, 2.24) is 4.98 Å². The van der Waals surface area contributed by atoms with Crippen molar-refractivity contribution in [3.63, 3.8) is 0 Å². The van der Waals surface area contributed by atoms with Gasteiger partial charge in [-0.1, -0.05) is 23.7 Å². The van der Waals surface area contributed by atoms with Gasteiger partial charge in [-0.25, -0.2) is 4.39 Å². The Morgan fingerprint density at radius 1 is 1.10 bits per heavy atom. The zero-order valence-electron chi connectivity index (χ0n) is 10.6. The molecule has 0 spiro atoms. The van der Waals surface area contributed by atoms with Gasteiger partial charge in [0.25, 0.3) is 0 Å². The molecular weight excluding hydrogens is 275 g/mol. The van der Waals surface area contributed by atoms with E-state index in [1.165, 1.54) is 12.1 Å². The van der Waals surface area contributed by atoms with Gasteiger partial charge in [-0.2, -0.15) is 0 Å². The highest BCUT2D eigenvalue weighted by molar-refractivity contribution is 6.35. The van der Waals surface area contributed by atoms with E-state index in [1.807, 2.05) is 30.3 Å². The molecule has 2 aromatic carbocycles. The molecule has 3 aromatic rings. The number of benzene rings is 2. The number of nitrogens with one attached hydrogen (secondary N) is 1. The smallest absolute Gasteiger partial charge is 0.123 e. The van der Waals surface area contributed by atoms with Crippen LogP contribution in [0.25, 0.3) is 10.9 Å². The third kappa shape index (κ3) is 2.58. The molecule has 0 unspecified atom stereocenters. The average Bonchev–Trinajstić information content (AvgIpc) is 2.47. The van der Waals surface area contributed by atoms with Crippen LogP contribution in [0.1, 0.15) is 5.56 Å². The normalized spacial score (nSPS) is 10.7. The number of rotatable bonds is 3. The van der Waals surface area contributed by atoms with Crippen LogP contribution in [0.4, 0.5) is 10.1 Å². The summed E-state index contributed by atoms with van der Waals surface area (Å²) in [6.45, 7) is 0.533. The summed E-state index contributed by atoms with van der Waals surface area (Å²) in [6, 6.07) is 14.0. The van der Waals surface area contributed by atoms with Crippen LogP contribution >= 0.6 is 11.6 Å². The van der Waals surface area contributed by atoms with E-state index in [0.29, 0.717) is 11.6 Å². The van der Waals surface area contributed by atoms with Gasteiger partial charge in [-0.15, -0.1) is 0 Å². The highest BCUT2D eigenvalue weighted by Crippen LogP contribution is 2.28. The molecule has 1 aromatic heterocycles. The minimum atomic E-state index is -0.233. The lowest BCUT2D eigenvalue weighted by Crippen LogP contribution is -2.01. The maximum atomic E-state index is 13.1. The zero-order chi connectivity index (χ0) is 13.9. The summed E-state index contributed by atoms with van der Waals surface area (Å²) in [5, 5.41) is 4.84. The van der Waals surface area contributed by atoms with E-state index < -0.39 is 0 Å². The largest absolute Gasteiger partial charge is 0.379 e. The van der Waals surface area contributed by atoms with Crippen molar-refractivity contribution in [2.24, 2.45) is 0 Å². The quantitative estimate of drug-likeness (QED) is 0.759. The molecule has 3 rings (SSSR count). The van der Waals surface area contributed by atoms with Gasteiger partial charge in [0.2, 0.25) is 0 Å². The molecule has 0 amide bonds. The number of fused-ring (bicyclic) bond motifs is 1. The maximum absolute atomic E-state index is 13.1. The van der Waals surface area contributed by atoms with Crippen molar-refractivity contribution in [2.75, 3.05) is 5.32 Å². The fraction of sp³-hybridized carbons (Fsp3) is 0.0625. The summed E-state index contributed by atoms with van der Waals surface area (Å²) >= 11 is 6.15. The number of anilines is 1. The van der Waals surface area contributed by atoms with E-state index in [-0.39, 0.29) is 5.82 Å². The molecular formula is C16H12ClFN2. The first-order chi connectivity index (χ1) is 9.74. The fourth-order valence-electron chi connectivity index (χ4n) is 2.12. The summed E-state index contributed by atoms with van der Waals surface area (Å²) in [4.78, 5) is 4.35. The number of nitrogens with zero attached hydrogens (tertiary/aromatic N) is 1. The number of aromatic nitrogens is 1. The van der Waals surface area contributed by atoms with E-state index in [1.54, 1.807) is 12.3 Å². The average molecular weight is 287 g/mol. The maximum Gasteiger partial charge on any atom is 0.123 e. The SMILES string of the molecule is Fc1cccc(CNc2ccc(Cl)c3cccnc23)c1. The standard InChI is InChI=1S/C16H12ClFN2/c17-14-6-7-15(16-13(14)5-2-8-19-16)20-10-11-3-1-4-12(18)9-11/h1-9,20H,10H2. The second kappa shape index (κ2) is 5.47. The topological polar surface area (TPSA) is 24.9 Å². The molecule has 0 aliphatic rings. The summed E-state index contributed by atoms with van der Waals surface area (Å²) in [5.74, 6) is -0.233. The number of hydrogen-bond acceptors (Lipinski definition) is 2. The monoisotopic (exact) mass is 286 g/mol. The van der Waals surface area contributed by atoms with Crippen LogP contribution in [-0.4, -0.2) is 4.98 Å². The molecule has 0 saturated heterocycles. The van der Waals surface area contributed by atoms with Crippen LogP contribution in [0.15, 0.2) is 54.7 Å². The second-order valence-electron chi connectivity index (χ2n) is 4.48. The van der Waals surface area contributed by atoms with Crippen molar-refractivity contribution in [2.45, 2.75) is 6.54 Å². The third-order valence-electron chi connectivity index (χ3n) is 3.09. The van der Waals surface area contributed by atoms with Crippen molar-refractivity contribution < 1.29 is 4.39 Å². The molecule has 0 aliphatic heterocycles. The fourth-order valence-corrected chi connectivity index (χ4v) is 2.34. The molecule has 0 bridgehead atoms. The van der Waals surface area contributed by atoms with Gasteiger partial charge in [0.15, 0.2) is 0 Å². The molecule has 20 heavy (non-hydrogen) atoms. The first-order valence-electron chi connectivity index (χ1n) is 6.25. The minimum absolute atomic E-state index is 0.233. The molecule has 0 aliphatic carbocycles. The number of pyridine rings is 1. The Morgan fingerprint density at radius 2 is 2.00 bits per heavy atom. The van der Waals surface area contributed by atoms with Gasteiger partial charge < -0.3 is 5.32 Å². The highest BCUT2D eigenvalue weighted by atomic mass is 35.5. The van der Waals surface area contributed by atoms with Crippen LogP contribution in [0.2, 0.25) is 5.02 Å². The van der Waals surface area contributed by atoms with Crippen molar-refractivity contribution >= 4 is 28.2 Å². The molecule has 2 nitrogen and oxygen atoms in total. The molecule has 100 valence electrons. The minimum Gasteiger partial charge on any atom is -0.379 e. The van der Waals surface area contributed by atoms with E-state index in [9.17, 15) is 4.39 Å². The van der Waals surface area contributed by atoms with Crippen molar-refractivity contribution in [1.29, 1.82) is 0 Å². The molecule has 0 atom stereocenters. The lowest BCUT2D eigenvalue weighted by molar-refractivity contribution is 0.626. The first-order valence-corrected chi connectivity index (χ1v) is 6.63. The second-order valence-corrected chi connectivity index (χ2v) is 4.89. The molecule has 0 saturated carbocycles. The van der Waals surface area contributed by atoms with Crippen LogP contribution in [0, 0.1) is 5.82 Å². The Morgan fingerprint density at radius 3 is 2.85 bits per heavy atom. The molecule has 1 heterocycles. The predicted octanol–water partition coefficient (Wildman–Crippen LogP) is 4.64. The van der Waals surface area contributed by atoms with Gasteiger partial charge >= 0.3 is 0 Å². The van der Waals surface area contributed by atoms with Gasteiger partial charge in [0, 0.05) is 18.1 Å². The molecule has 0 fully saturated rings. The number of halogens is 2. The van der Waals surface area contributed by atoms with E-state index in [0.717, 1.165) is 22.2 Å². The molecule has 0 radical (unpaired) electrons. The highest BCUT2D eigenvalue weighted by Gasteiger charge is 2.05. The Kier molecular flexibility index (Phi) is 3.52. The summed E-state index contributed by atoms with van der Waals surface area (Å²) in [6.07, 6.45) is 1.73. The first kappa shape index (κ1) is 12.9. The third-order valence-corrected chi connectivity index (χ3v) is 3.42. The summed E-state index contributed by atoms with van der Waals surface area (Å²) < 4.78 is 13.1. The van der Waals surface area contributed by atoms with Crippen molar-refractivity contribution in [3.8, 4) is 0 Å². The Balaban J connectivity index is 1.90. The molecule has 1 N–H and O–H groups in total. The zero-order valence-corrected chi connectivity index (χ0v) is 11.4. The van der Waals surface area contributed by atoms with Crippen LogP contribution in [0.5, 0.6) is 0 Å². The van der Waals surface area contributed by atoms with Gasteiger partial charge in [-0.05, 0) is 42.0 Å². The van der Waals surface area contributed by atoms with E-state index >= 15 is 0 Å². The van der Waals surface area contributed by atoms with E-state index in [2.05, 4.69) is 10.3 Å². The van der Waals surface area contributed by atoms with Gasteiger partial charge in [0.05, 0.1) is 16.2 Å². The predicted molar refractivity (Wildman–Crippen MR) is 80.5 cm³/mol. The summed E-state index contributed by atoms with van der Waals surface area (Å²) in [5.41, 5.74) is 2.58. The van der Waals surface area contributed by atoms with E-state index in [4.69, 9.17) is 11.6 Å². The summed E-state index contributed by atoms with van der Waals surface area (Å²) in [7, 11) is 0. The van der Waals surface area contributed by atoms with Crippen LogP contribution in [-0.2, 0) is 6.54 Å². The van der Waals surface area contributed by atoms with Gasteiger partial charge in [0.1, 0.15) is 5.82 Å². The lowest BCUT2D eigenvalue weighted by atomic mass is 10.1. The Bertz CT molecular complexity index is 758. The molecule has 4 heteroatoms. The Labute approximate surface area is 121 Å². The van der Waals surface area contributed by atoms with Crippen molar-refractivity contribution in [3.05, 3.63) is 71.1 Å². The Hall–Kier alpha value is -2.13. The van der Waals surface area contributed by atoms with Gasteiger partial charge in [-0.3, -0.25) is 4.98 Å². The number of hydrogen-bond donors (Lipinski definition) is 1. The van der Waals surface area contributed by atoms with Crippen LogP contribution < -0.4 is 5.32 Å².